The summed E-state index contributed by atoms with van der Waals surface area (Å²) in [6, 6.07) is 4.52. The van der Waals surface area contributed by atoms with E-state index in [2.05, 4.69) is 11.9 Å². The molecule has 0 saturated heterocycles. The minimum absolute atomic E-state index is 0.0296. The van der Waals surface area contributed by atoms with Crippen LogP contribution in [0.15, 0.2) is 54.7 Å². The van der Waals surface area contributed by atoms with Gasteiger partial charge in [0.2, 0.25) is 12.7 Å². The summed E-state index contributed by atoms with van der Waals surface area (Å²) >= 11 is 0. The Bertz CT molecular complexity index is 1010. The number of halogens is 3. The van der Waals surface area contributed by atoms with Crippen molar-refractivity contribution in [3.8, 4) is 5.75 Å². The van der Waals surface area contributed by atoms with E-state index in [1.54, 1.807) is 19.1 Å². The molecule has 1 aliphatic heterocycles. The third-order valence-electron chi connectivity index (χ3n) is 4.89. The van der Waals surface area contributed by atoms with Gasteiger partial charge in [0.15, 0.2) is 0 Å². The van der Waals surface area contributed by atoms with Gasteiger partial charge in [0.05, 0.1) is 11.5 Å². The summed E-state index contributed by atoms with van der Waals surface area (Å²) in [5, 5.41) is 12.7. The molecule has 8 nitrogen and oxygen atoms in total. The lowest BCUT2D eigenvalue weighted by molar-refractivity contribution is -0.147. The quantitative estimate of drug-likeness (QED) is 0.169. The largest absolute Gasteiger partial charge is 0.547 e. The Morgan fingerprint density at radius 1 is 1.31 bits per heavy atom. The van der Waals surface area contributed by atoms with Gasteiger partial charge in [-0.1, -0.05) is 36.9 Å². The monoisotopic (exact) mass is 495 g/mol. The van der Waals surface area contributed by atoms with Crippen molar-refractivity contribution in [2.45, 2.75) is 44.7 Å². The van der Waals surface area contributed by atoms with Gasteiger partial charge in [-0.25, -0.2) is 9.59 Å². The van der Waals surface area contributed by atoms with Gasteiger partial charge in [-0.15, -0.1) is 0 Å². The van der Waals surface area contributed by atoms with E-state index in [1.807, 2.05) is 0 Å². The molecular weight excluding hydrogens is 470 g/mol. The van der Waals surface area contributed by atoms with Crippen molar-refractivity contribution in [1.82, 2.24) is 5.32 Å². The van der Waals surface area contributed by atoms with Crippen LogP contribution >= 0.6 is 0 Å². The number of ether oxygens (including phenoxy) is 2. The molecule has 0 spiro atoms. The maximum atomic E-state index is 12.5. The zero-order chi connectivity index (χ0) is 26.0. The number of hydrogen-bond donors (Lipinski definition) is 2. The normalized spacial score (nSPS) is 15.7. The first-order chi connectivity index (χ1) is 16.6. The van der Waals surface area contributed by atoms with Crippen LogP contribution in [0.4, 0.5) is 13.2 Å². The molecule has 1 aliphatic rings. The highest BCUT2D eigenvalue weighted by Crippen LogP contribution is 2.31. The van der Waals surface area contributed by atoms with Gasteiger partial charge in [0.25, 0.3) is 0 Å². The fraction of sp³-hybridized carbons (Fsp3) is 0.348. The predicted molar refractivity (Wildman–Crippen MR) is 120 cm³/mol. The second-order valence-electron chi connectivity index (χ2n) is 7.47. The molecule has 1 amide bonds. The van der Waals surface area contributed by atoms with Crippen LogP contribution in [-0.2, 0) is 25.5 Å². The van der Waals surface area contributed by atoms with Gasteiger partial charge in [-0.3, -0.25) is 4.79 Å². The maximum absolute atomic E-state index is 12.5. The van der Waals surface area contributed by atoms with Gasteiger partial charge in [0.1, 0.15) is 11.3 Å². The summed E-state index contributed by atoms with van der Waals surface area (Å²) in [7, 11) is -1.55. The van der Waals surface area contributed by atoms with Crippen molar-refractivity contribution in [1.29, 1.82) is 0 Å². The molecule has 188 valence electrons. The van der Waals surface area contributed by atoms with Crippen LogP contribution in [0.5, 0.6) is 5.75 Å². The van der Waals surface area contributed by atoms with Crippen LogP contribution in [0.2, 0.25) is 0 Å². The molecule has 0 bridgehead atoms. The molecular formula is C23H25BF3NO7. The molecule has 12 heteroatoms. The summed E-state index contributed by atoms with van der Waals surface area (Å²) < 4.78 is 52.1. The summed E-state index contributed by atoms with van der Waals surface area (Å²) in [5.74, 6) is -3.14. The van der Waals surface area contributed by atoms with Gasteiger partial charge in [0, 0.05) is 12.8 Å². The van der Waals surface area contributed by atoms with Crippen molar-refractivity contribution >= 4 is 25.0 Å². The Morgan fingerprint density at radius 2 is 2.06 bits per heavy atom. The molecule has 1 atom stereocenters. The number of alkyl halides is 3. The van der Waals surface area contributed by atoms with E-state index in [0.717, 1.165) is 0 Å². The van der Waals surface area contributed by atoms with Gasteiger partial charge in [-0.2, -0.15) is 13.2 Å². The summed E-state index contributed by atoms with van der Waals surface area (Å²) in [6.07, 6.45) is -0.104. The number of para-hydroxylation sites is 1. The Labute approximate surface area is 200 Å². The van der Waals surface area contributed by atoms with Crippen LogP contribution in [-0.4, -0.2) is 48.9 Å². The van der Waals surface area contributed by atoms with Crippen molar-refractivity contribution in [2.75, 3.05) is 6.79 Å². The van der Waals surface area contributed by atoms with Gasteiger partial charge >= 0.3 is 25.2 Å². The Balaban J connectivity index is 1.96. The second-order valence-corrected chi connectivity index (χ2v) is 7.47. The van der Waals surface area contributed by atoms with E-state index >= 15 is 0 Å². The molecule has 2 N–H and O–H groups in total. The molecule has 0 fully saturated rings. The minimum atomic E-state index is -4.35. The molecule has 0 unspecified atom stereocenters. The van der Waals surface area contributed by atoms with E-state index in [4.69, 9.17) is 14.1 Å². The number of allylic oxidation sites excluding steroid dienone is 3. The van der Waals surface area contributed by atoms with E-state index in [9.17, 15) is 32.6 Å². The number of esters is 2. The average molecular weight is 495 g/mol. The maximum Gasteiger partial charge on any atom is 0.547 e. The third-order valence-corrected chi connectivity index (χ3v) is 4.89. The third kappa shape index (κ3) is 8.64. The molecule has 1 aromatic rings. The molecule has 0 radical (unpaired) electrons. The molecule has 35 heavy (non-hydrogen) atoms. The Morgan fingerprint density at radius 3 is 2.71 bits per heavy atom. The number of hydrogen-bond acceptors (Lipinski definition) is 7. The summed E-state index contributed by atoms with van der Waals surface area (Å²) in [5.41, 5.74) is 0.662. The Hall–Kier alpha value is -3.54. The lowest BCUT2D eigenvalue weighted by Crippen LogP contribution is -2.53. The van der Waals surface area contributed by atoms with Crippen molar-refractivity contribution in [3.63, 3.8) is 0 Å². The van der Waals surface area contributed by atoms with Crippen LogP contribution in [0.1, 0.15) is 42.1 Å². The fourth-order valence-corrected chi connectivity index (χ4v) is 3.19. The highest BCUT2D eigenvalue weighted by molar-refractivity contribution is 6.47. The molecule has 0 aliphatic carbocycles. The van der Waals surface area contributed by atoms with E-state index in [-0.39, 0.29) is 36.1 Å². The number of carbonyl (C=O) groups excluding carboxylic acids is 3. The van der Waals surface area contributed by atoms with Crippen LogP contribution < -0.4 is 9.97 Å². The SMILES string of the molecule is C=C/C=C\C(=C/C)C(=O)OCOC(=O)c1cccc2c1OB(O)[C@@H](NC(=O)CCCC(F)(F)F)C2. The van der Waals surface area contributed by atoms with Crippen LogP contribution in [0.3, 0.4) is 0 Å². The van der Waals surface area contributed by atoms with E-state index < -0.39 is 50.3 Å². The number of fused-ring (bicyclic) bond motifs is 1. The Kier molecular flexibility index (Phi) is 10.1. The number of amides is 1. The standard InChI is InChI=1S/C23H25BF3NO7/c1-3-5-8-15(4-2)21(30)33-14-34-22(31)17-10-6-9-16-13-18(24(32)35-20(16)17)28-19(29)11-7-12-23(25,26)27/h3-6,8-10,18,32H,1,7,11-14H2,2H3,(H,28,29)/b8-5-,15-4+/t18-/m0/s1. The van der Waals surface area contributed by atoms with E-state index in [1.165, 1.54) is 30.4 Å². The van der Waals surface area contributed by atoms with Crippen molar-refractivity contribution in [2.24, 2.45) is 0 Å². The summed E-state index contributed by atoms with van der Waals surface area (Å²) in [4.78, 5) is 36.5. The number of benzene rings is 1. The zero-order valence-corrected chi connectivity index (χ0v) is 19.0. The number of rotatable bonds is 10. The van der Waals surface area contributed by atoms with E-state index in [0.29, 0.717) is 5.56 Å². The highest BCUT2D eigenvalue weighted by atomic mass is 19.4. The average Bonchev–Trinajstić information content (AvgIpc) is 2.78. The van der Waals surface area contributed by atoms with Crippen LogP contribution in [0, 0.1) is 0 Å². The fourth-order valence-electron chi connectivity index (χ4n) is 3.19. The molecule has 0 aromatic heterocycles. The first-order valence-electron chi connectivity index (χ1n) is 10.7. The van der Waals surface area contributed by atoms with Gasteiger partial charge in [-0.05, 0) is 37.5 Å². The molecule has 1 aromatic carbocycles. The highest BCUT2D eigenvalue weighted by Gasteiger charge is 2.38. The zero-order valence-electron chi connectivity index (χ0n) is 19.0. The predicted octanol–water partition coefficient (Wildman–Crippen LogP) is 3.20. The van der Waals surface area contributed by atoms with Crippen LogP contribution in [0.25, 0.3) is 0 Å². The lowest BCUT2D eigenvalue weighted by Gasteiger charge is -2.29. The second kappa shape index (κ2) is 12.8. The molecule has 2 rings (SSSR count). The topological polar surface area (TPSA) is 111 Å². The first-order valence-corrected chi connectivity index (χ1v) is 10.7. The number of carbonyl (C=O) groups is 3. The summed E-state index contributed by atoms with van der Waals surface area (Å²) in [6.45, 7) is 4.47. The smallest absolute Gasteiger partial charge is 0.534 e. The lowest BCUT2D eigenvalue weighted by atomic mass is 9.72. The molecule has 0 saturated carbocycles. The van der Waals surface area contributed by atoms with Crippen molar-refractivity contribution < 1.29 is 46.7 Å². The first kappa shape index (κ1) is 27.7. The van der Waals surface area contributed by atoms with Crippen molar-refractivity contribution in [3.05, 3.63) is 65.8 Å². The minimum Gasteiger partial charge on any atom is -0.534 e. The van der Waals surface area contributed by atoms with Gasteiger partial charge < -0.3 is 24.5 Å². The number of nitrogens with one attached hydrogen (secondary N) is 1. The molecule has 1 heterocycles.